The Hall–Kier alpha value is -2.22. The van der Waals surface area contributed by atoms with Gasteiger partial charge in [-0.15, -0.1) is 0 Å². The van der Waals surface area contributed by atoms with Crippen LogP contribution < -0.4 is 10.6 Å². The minimum absolute atomic E-state index is 0.0808. The van der Waals surface area contributed by atoms with Gasteiger partial charge in [-0.1, -0.05) is 28.1 Å². The van der Waals surface area contributed by atoms with Crippen LogP contribution in [0.25, 0.3) is 0 Å². The Morgan fingerprint density at radius 3 is 2.56 bits per heavy atom. The highest BCUT2D eigenvalue weighted by atomic mass is 79.9. The Bertz CT molecular complexity index is 789. The van der Waals surface area contributed by atoms with Crippen molar-refractivity contribution in [3.8, 4) is 0 Å². The molecular formula is C20H22BrN3O3. The van der Waals surface area contributed by atoms with Gasteiger partial charge < -0.3 is 15.4 Å². The molecule has 142 valence electrons. The fourth-order valence-corrected chi connectivity index (χ4v) is 3.09. The Balaban J connectivity index is 1.50. The zero-order chi connectivity index (χ0) is 19.1. The third-order valence-corrected chi connectivity index (χ3v) is 4.77. The molecule has 0 unspecified atom stereocenters. The molecule has 0 saturated carbocycles. The van der Waals surface area contributed by atoms with Crippen molar-refractivity contribution in [2.45, 2.75) is 6.54 Å². The number of nitrogens with zero attached hydrogens (tertiary/aromatic N) is 1. The summed E-state index contributed by atoms with van der Waals surface area (Å²) in [5.74, 6) is -0.528. The fourth-order valence-electron chi connectivity index (χ4n) is 2.83. The van der Waals surface area contributed by atoms with Gasteiger partial charge in [0.1, 0.15) is 0 Å². The number of ether oxygens (including phenoxy) is 1. The molecule has 1 aliphatic heterocycles. The van der Waals surface area contributed by atoms with E-state index in [1.54, 1.807) is 18.2 Å². The first kappa shape index (κ1) is 19.5. The van der Waals surface area contributed by atoms with Crippen molar-refractivity contribution in [2.75, 3.05) is 38.2 Å². The topological polar surface area (TPSA) is 70.7 Å². The number of halogens is 1. The summed E-state index contributed by atoms with van der Waals surface area (Å²) in [7, 11) is 0. The molecule has 1 heterocycles. The number of rotatable bonds is 6. The lowest BCUT2D eigenvalue weighted by Crippen LogP contribution is -2.35. The molecule has 27 heavy (non-hydrogen) atoms. The van der Waals surface area contributed by atoms with Gasteiger partial charge in [-0.3, -0.25) is 14.5 Å². The highest BCUT2D eigenvalue weighted by Gasteiger charge is 2.13. The summed E-state index contributed by atoms with van der Waals surface area (Å²) in [6, 6.07) is 14.8. The number of hydrogen-bond acceptors (Lipinski definition) is 4. The van der Waals surface area contributed by atoms with Gasteiger partial charge in [0.05, 0.1) is 19.8 Å². The third-order valence-electron chi connectivity index (χ3n) is 4.24. The molecule has 0 radical (unpaired) electrons. The van der Waals surface area contributed by atoms with Gasteiger partial charge in [0.25, 0.3) is 5.91 Å². The average Bonchev–Trinajstić information content (AvgIpc) is 2.69. The lowest BCUT2D eigenvalue weighted by Gasteiger charge is -2.26. The first-order chi connectivity index (χ1) is 13.1. The summed E-state index contributed by atoms with van der Waals surface area (Å²) >= 11 is 3.35. The molecule has 2 aromatic rings. The minimum atomic E-state index is -0.268. The lowest BCUT2D eigenvalue weighted by atomic mass is 10.1. The summed E-state index contributed by atoms with van der Waals surface area (Å²) in [5, 5.41) is 5.42. The maximum Gasteiger partial charge on any atom is 0.251 e. The second-order valence-electron chi connectivity index (χ2n) is 6.33. The van der Waals surface area contributed by atoms with Crippen LogP contribution in [0.1, 0.15) is 15.9 Å². The molecule has 0 aliphatic carbocycles. The molecule has 2 amide bonds. The quantitative estimate of drug-likeness (QED) is 0.737. The van der Waals surface area contributed by atoms with Crippen LogP contribution in [0.3, 0.4) is 0 Å². The predicted octanol–water partition coefficient (Wildman–Crippen LogP) is 2.65. The molecule has 0 atom stereocenters. The molecule has 0 bridgehead atoms. The first-order valence-electron chi connectivity index (χ1n) is 8.83. The van der Waals surface area contributed by atoms with Gasteiger partial charge in [0.2, 0.25) is 5.91 Å². The van der Waals surface area contributed by atoms with Crippen LogP contribution in [-0.4, -0.2) is 49.6 Å². The van der Waals surface area contributed by atoms with Gasteiger partial charge >= 0.3 is 0 Å². The molecule has 2 aromatic carbocycles. The second kappa shape index (κ2) is 9.64. The number of anilines is 1. The van der Waals surface area contributed by atoms with E-state index in [4.69, 9.17) is 4.74 Å². The van der Waals surface area contributed by atoms with Crippen LogP contribution in [0.2, 0.25) is 0 Å². The van der Waals surface area contributed by atoms with Crippen LogP contribution in [-0.2, 0) is 16.1 Å². The van der Waals surface area contributed by atoms with Crippen molar-refractivity contribution in [1.82, 2.24) is 10.2 Å². The molecule has 1 fully saturated rings. The van der Waals surface area contributed by atoms with E-state index in [-0.39, 0.29) is 18.4 Å². The van der Waals surface area contributed by atoms with E-state index in [0.29, 0.717) is 11.3 Å². The highest BCUT2D eigenvalue weighted by molar-refractivity contribution is 9.10. The number of carbonyl (C=O) groups excluding carboxylic acids is 2. The lowest BCUT2D eigenvalue weighted by molar-refractivity contribution is -0.115. The Labute approximate surface area is 167 Å². The van der Waals surface area contributed by atoms with Crippen LogP contribution in [0.5, 0.6) is 0 Å². The van der Waals surface area contributed by atoms with E-state index < -0.39 is 0 Å². The number of hydrogen-bond donors (Lipinski definition) is 2. The van der Waals surface area contributed by atoms with Gasteiger partial charge in [0, 0.05) is 35.4 Å². The normalized spacial score (nSPS) is 14.6. The maximum atomic E-state index is 12.4. The Kier molecular flexibility index (Phi) is 6.98. The molecule has 6 nitrogen and oxygen atoms in total. The average molecular weight is 432 g/mol. The number of morpholine rings is 1. The summed E-state index contributed by atoms with van der Waals surface area (Å²) in [6.45, 7) is 3.98. The first-order valence-corrected chi connectivity index (χ1v) is 9.62. The summed E-state index contributed by atoms with van der Waals surface area (Å²) in [5.41, 5.74) is 2.31. The third kappa shape index (κ3) is 6.16. The Morgan fingerprint density at radius 2 is 1.81 bits per heavy atom. The molecule has 1 aliphatic rings. The summed E-state index contributed by atoms with van der Waals surface area (Å²) in [6.07, 6.45) is 0. The van der Waals surface area contributed by atoms with Crippen molar-refractivity contribution < 1.29 is 14.3 Å². The van der Waals surface area contributed by atoms with Crippen LogP contribution in [0.15, 0.2) is 53.0 Å². The summed E-state index contributed by atoms with van der Waals surface area (Å²) in [4.78, 5) is 26.7. The zero-order valence-electron chi connectivity index (χ0n) is 14.9. The zero-order valence-corrected chi connectivity index (χ0v) is 16.5. The van der Waals surface area contributed by atoms with Crippen LogP contribution in [0.4, 0.5) is 5.69 Å². The van der Waals surface area contributed by atoms with E-state index in [0.717, 1.165) is 42.9 Å². The molecule has 0 spiro atoms. The largest absolute Gasteiger partial charge is 0.379 e. The van der Waals surface area contributed by atoms with E-state index in [1.165, 1.54) is 0 Å². The van der Waals surface area contributed by atoms with E-state index in [1.807, 2.05) is 30.3 Å². The van der Waals surface area contributed by atoms with Crippen molar-refractivity contribution in [3.63, 3.8) is 0 Å². The van der Waals surface area contributed by atoms with Gasteiger partial charge in [0.15, 0.2) is 0 Å². The highest BCUT2D eigenvalue weighted by Crippen LogP contribution is 2.14. The number of carbonyl (C=O) groups is 2. The van der Waals surface area contributed by atoms with E-state index >= 15 is 0 Å². The fraction of sp³-hybridized carbons (Fsp3) is 0.300. The van der Waals surface area contributed by atoms with Gasteiger partial charge in [-0.2, -0.15) is 0 Å². The maximum absolute atomic E-state index is 12.4. The monoisotopic (exact) mass is 431 g/mol. The molecular weight excluding hydrogens is 410 g/mol. The van der Waals surface area contributed by atoms with Crippen LogP contribution in [0, 0.1) is 0 Å². The molecule has 1 saturated heterocycles. The van der Waals surface area contributed by atoms with Crippen molar-refractivity contribution in [3.05, 3.63) is 64.1 Å². The number of amides is 2. The van der Waals surface area contributed by atoms with Gasteiger partial charge in [-0.05, 0) is 42.0 Å². The van der Waals surface area contributed by atoms with E-state index in [9.17, 15) is 9.59 Å². The molecule has 7 heteroatoms. The smallest absolute Gasteiger partial charge is 0.251 e. The van der Waals surface area contributed by atoms with Crippen molar-refractivity contribution in [1.29, 1.82) is 0 Å². The second-order valence-corrected chi connectivity index (χ2v) is 7.24. The number of nitrogens with one attached hydrogen (secondary N) is 2. The SMILES string of the molecule is O=C(CNC(=O)c1cccc(CN2CCOCC2)c1)Nc1ccc(Br)cc1. The molecule has 0 aromatic heterocycles. The summed E-state index contributed by atoms with van der Waals surface area (Å²) < 4.78 is 6.29. The number of benzene rings is 2. The van der Waals surface area contributed by atoms with Crippen molar-refractivity contribution >= 4 is 33.4 Å². The minimum Gasteiger partial charge on any atom is -0.379 e. The van der Waals surface area contributed by atoms with Crippen molar-refractivity contribution in [2.24, 2.45) is 0 Å². The predicted molar refractivity (Wildman–Crippen MR) is 108 cm³/mol. The van der Waals surface area contributed by atoms with Crippen LogP contribution >= 0.6 is 15.9 Å². The Morgan fingerprint density at radius 1 is 1.07 bits per heavy atom. The van der Waals surface area contributed by atoms with E-state index in [2.05, 4.69) is 31.5 Å². The molecule has 2 N–H and O–H groups in total. The van der Waals surface area contributed by atoms with Gasteiger partial charge in [-0.25, -0.2) is 0 Å². The standard InChI is InChI=1S/C20H22BrN3O3/c21-17-4-6-18(7-5-17)23-19(25)13-22-20(26)16-3-1-2-15(12-16)14-24-8-10-27-11-9-24/h1-7,12H,8-11,13-14H2,(H,22,26)(H,23,25). The molecule has 3 rings (SSSR count).